The highest BCUT2D eigenvalue weighted by Crippen LogP contribution is 2.20. The van der Waals surface area contributed by atoms with Gasteiger partial charge in [0.2, 0.25) is 11.8 Å². The van der Waals surface area contributed by atoms with E-state index in [2.05, 4.69) is 5.32 Å². The van der Waals surface area contributed by atoms with Crippen LogP contribution in [-0.2, 0) is 9.59 Å². The second-order valence-corrected chi connectivity index (χ2v) is 6.59. The smallest absolute Gasteiger partial charge is 0.229 e. The van der Waals surface area contributed by atoms with Gasteiger partial charge >= 0.3 is 0 Å². The fraction of sp³-hybridized carbons (Fsp3) is 0.333. The van der Waals surface area contributed by atoms with Gasteiger partial charge in [0.1, 0.15) is 11.6 Å². The minimum Gasteiger partial charge on any atom is -0.493 e. The summed E-state index contributed by atoms with van der Waals surface area (Å²) in [6, 6.07) is 15.0. The SMILES string of the molecule is O=C(Nc1ccccc1)C1CCCN(C(=O)CCOc2ccc(F)cc2)C1. The van der Waals surface area contributed by atoms with Crippen molar-refractivity contribution in [3.63, 3.8) is 0 Å². The van der Waals surface area contributed by atoms with Crippen LogP contribution >= 0.6 is 0 Å². The number of piperidine rings is 1. The molecule has 6 heteroatoms. The van der Waals surface area contributed by atoms with Crippen molar-refractivity contribution in [2.45, 2.75) is 19.3 Å². The Morgan fingerprint density at radius 3 is 2.59 bits per heavy atom. The number of nitrogens with one attached hydrogen (secondary N) is 1. The van der Waals surface area contributed by atoms with E-state index in [0.29, 0.717) is 18.8 Å². The normalized spacial score (nSPS) is 16.6. The molecule has 1 aliphatic rings. The lowest BCUT2D eigenvalue weighted by Crippen LogP contribution is -2.44. The predicted molar refractivity (Wildman–Crippen MR) is 101 cm³/mol. The Bertz CT molecular complexity index is 765. The average Bonchev–Trinajstić information content (AvgIpc) is 2.70. The number of anilines is 1. The molecular formula is C21H23FN2O3. The molecule has 142 valence electrons. The first-order valence-electron chi connectivity index (χ1n) is 9.14. The summed E-state index contributed by atoms with van der Waals surface area (Å²) in [4.78, 5) is 26.6. The number of benzene rings is 2. The third-order valence-corrected chi connectivity index (χ3v) is 4.58. The summed E-state index contributed by atoms with van der Waals surface area (Å²) in [6.45, 7) is 1.31. The highest BCUT2D eigenvalue weighted by atomic mass is 19.1. The number of halogens is 1. The largest absolute Gasteiger partial charge is 0.493 e. The number of carbonyl (C=O) groups is 2. The van der Waals surface area contributed by atoms with Gasteiger partial charge in [-0.1, -0.05) is 18.2 Å². The zero-order valence-corrected chi connectivity index (χ0v) is 15.1. The topological polar surface area (TPSA) is 58.6 Å². The number of likely N-dealkylation sites (tertiary alicyclic amines) is 1. The highest BCUT2D eigenvalue weighted by molar-refractivity contribution is 5.93. The molecule has 1 saturated heterocycles. The molecule has 1 atom stereocenters. The Balaban J connectivity index is 1.46. The average molecular weight is 370 g/mol. The van der Waals surface area contributed by atoms with Crippen molar-refractivity contribution in [1.29, 1.82) is 0 Å². The first-order chi connectivity index (χ1) is 13.1. The molecule has 3 rings (SSSR count). The van der Waals surface area contributed by atoms with Crippen LogP contribution in [0.15, 0.2) is 54.6 Å². The van der Waals surface area contributed by atoms with Crippen LogP contribution in [0.4, 0.5) is 10.1 Å². The fourth-order valence-corrected chi connectivity index (χ4v) is 3.13. The maximum absolute atomic E-state index is 12.9. The van der Waals surface area contributed by atoms with E-state index in [1.54, 1.807) is 4.90 Å². The van der Waals surface area contributed by atoms with Crippen molar-refractivity contribution in [3.8, 4) is 5.75 Å². The van der Waals surface area contributed by atoms with Gasteiger partial charge in [-0.05, 0) is 49.2 Å². The molecule has 0 spiro atoms. The van der Waals surface area contributed by atoms with Crippen LogP contribution in [0.5, 0.6) is 5.75 Å². The Labute approximate surface area is 158 Å². The molecule has 0 aromatic heterocycles. The van der Waals surface area contributed by atoms with Gasteiger partial charge in [-0.25, -0.2) is 4.39 Å². The molecule has 27 heavy (non-hydrogen) atoms. The summed E-state index contributed by atoms with van der Waals surface area (Å²) in [5.74, 6) is -0.0916. The van der Waals surface area contributed by atoms with Crippen LogP contribution in [0.25, 0.3) is 0 Å². The lowest BCUT2D eigenvalue weighted by Gasteiger charge is -2.32. The molecule has 0 saturated carbocycles. The minimum absolute atomic E-state index is 0.0330. The van der Waals surface area contributed by atoms with Gasteiger partial charge in [-0.3, -0.25) is 9.59 Å². The Kier molecular flexibility index (Phi) is 6.41. The van der Waals surface area contributed by atoms with Gasteiger partial charge in [0.15, 0.2) is 0 Å². The molecule has 1 aliphatic heterocycles. The van der Waals surface area contributed by atoms with Crippen molar-refractivity contribution < 1.29 is 18.7 Å². The van der Waals surface area contributed by atoms with E-state index < -0.39 is 0 Å². The Hall–Kier alpha value is -2.89. The standard InChI is InChI=1S/C21H23FN2O3/c22-17-8-10-19(11-9-17)27-14-12-20(25)24-13-4-5-16(15-24)21(26)23-18-6-2-1-3-7-18/h1-3,6-11,16H,4-5,12-15H2,(H,23,26). The third kappa shape index (κ3) is 5.54. The molecule has 1 fully saturated rings. The van der Waals surface area contributed by atoms with Gasteiger partial charge in [0.25, 0.3) is 0 Å². The lowest BCUT2D eigenvalue weighted by molar-refractivity contribution is -0.135. The summed E-state index contributed by atoms with van der Waals surface area (Å²) in [5, 5.41) is 2.91. The van der Waals surface area contributed by atoms with Gasteiger partial charge < -0.3 is 15.0 Å². The van der Waals surface area contributed by atoms with E-state index in [9.17, 15) is 14.0 Å². The number of hydrogen-bond donors (Lipinski definition) is 1. The maximum Gasteiger partial charge on any atom is 0.229 e. The molecule has 1 unspecified atom stereocenters. The molecule has 0 aliphatic carbocycles. The van der Waals surface area contributed by atoms with Crippen LogP contribution in [0, 0.1) is 11.7 Å². The molecule has 1 heterocycles. The monoisotopic (exact) mass is 370 g/mol. The van der Waals surface area contributed by atoms with Gasteiger partial charge in [-0.2, -0.15) is 0 Å². The second-order valence-electron chi connectivity index (χ2n) is 6.59. The number of nitrogens with zero attached hydrogens (tertiary/aromatic N) is 1. The fourth-order valence-electron chi connectivity index (χ4n) is 3.13. The van der Waals surface area contributed by atoms with E-state index in [0.717, 1.165) is 18.5 Å². The summed E-state index contributed by atoms with van der Waals surface area (Å²) < 4.78 is 18.4. The number of rotatable bonds is 6. The molecular weight excluding hydrogens is 347 g/mol. The Morgan fingerprint density at radius 2 is 1.85 bits per heavy atom. The molecule has 2 amide bonds. The van der Waals surface area contributed by atoms with Crippen LogP contribution in [0.1, 0.15) is 19.3 Å². The van der Waals surface area contributed by atoms with E-state index in [-0.39, 0.29) is 36.6 Å². The zero-order valence-electron chi connectivity index (χ0n) is 15.1. The molecule has 5 nitrogen and oxygen atoms in total. The van der Waals surface area contributed by atoms with Crippen molar-refractivity contribution >= 4 is 17.5 Å². The van der Waals surface area contributed by atoms with E-state index in [1.165, 1.54) is 24.3 Å². The van der Waals surface area contributed by atoms with Crippen LogP contribution in [-0.4, -0.2) is 36.4 Å². The highest BCUT2D eigenvalue weighted by Gasteiger charge is 2.28. The first kappa shape index (κ1) is 18.9. The van der Waals surface area contributed by atoms with Crippen LogP contribution in [0.3, 0.4) is 0 Å². The van der Waals surface area contributed by atoms with Crippen molar-refractivity contribution in [2.24, 2.45) is 5.92 Å². The van der Waals surface area contributed by atoms with Gasteiger partial charge in [-0.15, -0.1) is 0 Å². The maximum atomic E-state index is 12.9. The van der Waals surface area contributed by atoms with Crippen LogP contribution < -0.4 is 10.1 Å². The predicted octanol–water partition coefficient (Wildman–Crippen LogP) is 3.47. The minimum atomic E-state index is -0.327. The number of carbonyl (C=O) groups excluding carboxylic acids is 2. The van der Waals surface area contributed by atoms with E-state index in [1.807, 2.05) is 30.3 Å². The van der Waals surface area contributed by atoms with Crippen LogP contribution in [0.2, 0.25) is 0 Å². The quantitative estimate of drug-likeness (QED) is 0.847. The van der Waals surface area contributed by atoms with Gasteiger partial charge in [0, 0.05) is 18.8 Å². The number of para-hydroxylation sites is 1. The number of amides is 2. The summed E-state index contributed by atoms with van der Waals surface area (Å²) in [7, 11) is 0. The summed E-state index contributed by atoms with van der Waals surface area (Å²) in [5.41, 5.74) is 0.763. The van der Waals surface area contributed by atoms with Gasteiger partial charge in [0.05, 0.1) is 18.9 Å². The molecule has 2 aromatic rings. The molecule has 0 bridgehead atoms. The second kappa shape index (κ2) is 9.16. The molecule has 0 radical (unpaired) electrons. The van der Waals surface area contributed by atoms with Crippen molar-refractivity contribution in [1.82, 2.24) is 4.90 Å². The third-order valence-electron chi connectivity index (χ3n) is 4.58. The number of ether oxygens (including phenoxy) is 1. The zero-order chi connectivity index (χ0) is 19.1. The summed E-state index contributed by atoms with van der Waals surface area (Å²) >= 11 is 0. The Morgan fingerprint density at radius 1 is 1.11 bits per heavy atom. The van der Waals surface area contributed by atoms with Crippen molar-refractivity contribution in [2.75, 3.05) is 25.0 Å². The number of hydrogen-bond acceptors (Lipinski definition) is 3. The van der Waals surface area contributed by atoms with Crippen molar-refractivity contribution in [3.05, 3.63) is 60.4 Å². The lowest BCUT2D eigenvalue weighted by atomic mass is 9.96. The van der Waals surface area contributed by atoms with E-state index >= 15 is 0 Å². The molecule has 1 N–H and O–H groups in total. The van der Waals surface area contributed by atoms with E-state index in [4.69, 9.17) is 4.74 Å². The first-order valence-corrected chi connectivity index (χ1v) is 9.14. The molecule has 2 aromatic carbocycles. The summed E-state index contributed by atoms with van der Waals surface area (Å²) in [6.07, 6.45) is 1.80.